The summed E-state index contributed by atoms with van der Waals surface area (Å²) in [6.45, 7) is 2.14. The van der Waals surface area contributed by atoms with Crippen molar-refractivity contribution < 1.29 is 18.0 Å². The number of alkyl halides is 3. The molecule has 3 rings (SSSR count). The molecule has 1 N–H and O–H groups in total. The fraction of sp³-hybridized carbons (Fsp3) is 0.316. The van der Waals surface area contributed by atoms with Crippen molar-refractivity contribution in [2.75, 3.05) is 11.1 Å². The quantitative estimate of drug-likeness (QED) is 0.476. The predicted molar refractivity (Wildman–Crippen MR) is 111 cm³/mol. The number of aromatic nitrogens is 5. The lowest BCUT2D eigenvalue weighted by molar-refractivity contribution is -0.137. The molecule has 0 saturated carbocycles. The number of thioether (sulfide) groups is 1. The summed E-state index contributed by atoms with van der Waals surface area (Å²) in [5.41, 5.74) is 0.971. The molecule has 0 saturated heterocycles. The Balaban J connectivity index is 1.61. The molecule has 1 aromatic carbocycles. The Morgan fingerprint density at radius 3 is 2.65 bits per heavy atom. The van der Waals surface area contributed by atoms with Crippen LogP contribution in [0.15, 0.2) is 41.7 Å². The van der Waals surface area contributed by atoms with E-state index >= 15 is 0 Å². The summed E-state index contributed by atoms with van der Waals surface area (Å²) in [5.74, 6) is -0.750. The number of hydrogen-bond acceptors (Lipinski definition) is 6. The maximum atomic E-state index is 12.7. The standard InChI is InChI=1S/C19H18ClF3N6OS/c1-2-3-4-12-5-7-14(8-6-12)29-18(26-27-28-29)31-11-16(30)25-17-15(20)9-13(10-24-17)19(21,22)23/h5-10H,2-4,11H2,1H3,(H,24,25,30). The van der Waals surface area contributed by atoms with Gasteiger partial charge in [-0.2, -0.15) is 17.9 Å². The molecule has 0 atom stereocenters. The Bertz CT molecular complexity index is 1040. The zero-order chi connectivity index (χ0) is 22.4. The van der Waals surface area contributed by atoms with Crippen LogP contribution < -0.4 is 5.32 Å². The number of anilines is 1. The number of tetrazole rings is 1. The van der Waals surface area contributed by atoms with E-state index in [9.17, 15) is 18.0 Å². The zero-order valence-electron chi connectivity index (χ0n) is 16.4. The van der Waals surface area contributed by atoms with Gasteiger partial charge in [-0.25, -0.2) is 4.98 Å². The molecule has 12 heteroatoms. The fourth-order valence-corrected chi connectivity index (χ4v) is 3.50. The molecule has 0 unspecified atom stereocenters. The van der Waals surface area contributed by atoms with Crippen LogP contribution in [0.2, 0.25) is 5.02 Å². The number of pyridine rings is 1. The first-order chi connectivity index (χ1) is 14.8. The van der Waals surface area contributed by atoms with Crippen molar-refractivity contribution in [3.8, 4) is 5.69 Å². The van der Waals surface area contributed by atoms with Gasteiger partial charge in [-0.3, -0.25) is 4.79 Å². The molecule has 0 spiro atoms. The van der Waals surface area contributed by atoms with Crippen LogP contribution in [0, 0.1) is 0 Å². The minimum Gasteiger partial charge on any atom is -0.309 e. The van der Waals surface area contributed by atoms with Gasteiger partial charge in [0.2, 0.25) is 11.1 Å². The highest BCUT2D eigenvalue weighted by atomic mass is 35.5. The Hall–Kier alpha value is -2.66. The third-order valence-electron chi connectivity index (χ3n) is 4.20. The summed E-state index contributed by atoms with van der Waals surface area (Å²) in [4.78, 5) is 15.8. The van der Waals surface area contributed by atoms with Gasteiger partial charge in [0.15, 0.2) is 5.82 Å². The van der Waals surface area contributed by atoms with E-state index in [0.717, 1.165) is 36.7 Å². The van der Waals surface area contributed by atoms with Crippen molar-refractivity contribution >= 4 is 35.1 Å². The van der Waals surface area contributed by atoms with E-state index in [-0.39, 0.29) is 16.6 Å². The van der Waals surface area contributed by atoms with Crippen LogP contribution in [0.3, 0.4) is 0 Å². The summed E-state index contributed by atoms with van der Waals surface area (Å²) < 4.78 is 39.6. The number of nitrogens with one attached hydrogen (secondary N) is 1. The SMILES string of the molecule is CCCCc1ccc(-n2nnnc2SCC(=O)Nc2ncc(C(F)(F)F)cc2Cl)cc1. The van der Waals surface area contributed by atoms with Gasteiger partial charge in [-0.15, -0.1) is 5.10 Å². The lowest BCUT2D eigenvalue weighted by Gasteiger charge is -2.10. The average molecular weight is 471 g/mol. The molecule has 2 heterocycles. The number of hydrogen-bond donors (Lipinski definition) is 1. The number of amides is 1. The number of benzene rings is 1. The minimum atomic E-state index is -4.57. The monoisotopic (exact) mass is 470 g/mol. The predicted octanol–water partition coefficient (Wildman–Crippen LogP) is 4.80. The molecule has 0 fully saturated rings. The molecular weight excluding hydrogens is 453 g/mol. The molecule has 0 aliphatic heterocycles. The van der Waals surface area contributed by atoms with Crippen LogP contribution in [-0.4, -0.2) is 36.9 Å². The average Bonchev–Trinajstić information content (AvgIpc) is 3.20. The molecule has 0 bridgehead atoms. The molecule has 3 aromatic rings. The second-order valence-electron chi connectivity index (χ2n) is 6.53. The maximum absolute atomic E-state index is 12.7. The smallest absolute Gasteiger partial charge is 0.309 e. The number of nitrogens with zero attached hydrogens (tertiary/aromatic N) is 5. The third-order valence-corrected chi connectivity index (χ3v) is 5.41. The molecule has 164 valence electrons. The lowest BCUT2D eigenvalue weighted by atomic mass is 10.1. The van der Waals surface area contributed by atoms with Crippen molar-refractivity contribution in [2.45, 2.75) is 37.5 Å². The Kier molecular flexibility index (Phi) is 7.50. The summed E-state index contributed by atoms with van der Waals surface area (Å²) >= 11 is 6.88. The topological polar surface area (TPSA) is 85.6 Å². The second kappa shape index (κ2) is 10.1. The van der Waals surface area contributed by atoms with Crippen LogP contribution in [0.1, 0.15) is 30.9 Å². The van der Waals surface area contributed by atoms with E-state index in [2.05, 4.69) is 32.7 Å². The van der Waals surface area contributed by atoms with E-state index in [1.165, 1.54) is 10.2 Å². The zero-order valence-corrected chi connectivity index (χ0v) is 17.9. The maximum Gasteiger partial charge on any atom is 0.417 e. The lowest BCUT2D eigenvalue weighted by Crippen LogP contribution is -2.16. The van der Waals surface area contributed by atoms with Gasteiger partial charge in [-0.1, -0.05) is 48.8 Å². The number of carbonyl (C=O) groups excluding carboxylic acids is 1. The van der Waals surface area contributed by atoms with Gasteiger partial charge in [-0.05, 0) is 47.0 Å². The number of aryl methyl sites for hydroxylation is 1. The fourth-order valence-electron chi connectivity index (χ4n) is 2.60. The molecule has 0 aliphatic carbocycles. The van der Waals surface area contributed by atoms with Crippen molar-refractivity contribution in [1.29, 1.82) is 0 Å². The highest BCUT2D eigenvalue weighted by Gasteiger charge is 2.31. The first kappa shape index (κ1) is 23.0. The summed E-state index contributed by atoms with van der Waals surface area (Å²) in [7, 11) is 0. The molecule has 31 heavy (non-hydrogen) atoms. The summed E-state index contributed by atoms with van der Waals surface area (Å²) in [6, 6.07) is 8.52. The van der Waals surface area contributed by atoms with Gasteiger partial charge in [0.05, 0.1) is 22.0 Å². The van der Waals surface area contributed by atoms with Crippen molar-refractivity contribution in [1.82, 2.24) is 25.2 Å². The molecule has 0 aliphatic rings. The van der Waals surface area contributed by atoms with E-state index in [1.807, 2.05) is 24.3 Å². The van der Waals surface area contributed by atoms with Gasteiger partial charge in [0.1, 0.15) is 0 Å². The number of carbonyl (C=O) groups is 1. The Morgan fingerprint density at radius 1 is 1.26 bits per heavy atom. The molecular formula is C19H18ClF3N6OS. The van der Waals surface area contributed by atoms with E-state index in [0.29, 0.717) is 17.4 Å². The summed E-state index contributed by atoms with van der Waals surface area (Å²) in [5, 5.41) is 14.0. The molecule has 2 aromatic heterocycles. The highest BCUT2D eigenvalue weighted by Crippen LogP contribution is 2.32. The molecule has 7 nitrogen and oxygen atoms in total. The number of unbranched alkanes of at least 4 members (excludes halogenated alkanes) is 1. The van der Waals surface area contributed by atoms with Crippen LogP contribution in [-0.2, 0) is 17.4 Å². The third kappa shape index (κ3) is 6.17. The van der Waals surface area contributed by atoms with Gasteiger partial charge < -0.3 is 5.32 Å². The normalized spacial score (nSPS) is 11.5. The van der Waals surface area contributed by atoms with Crippen LogP contribution in [0.25, 0.3) is 5.69 Å². The van der Waals surface area contributed by atoms with E-state index < -0.39 is 17.6 Å². The van der Waals surface area contributed by atoms with Gasteiger partial charge in [0.25, 0.3) is 0 Å². The van der Waals surface area contributed by atoms with Crippen molar-refractivity contribution in [3.05, 3.63) is 52.7 Å². The van der Waals surface area contributed by atoms with E-state index in [1.54, 1.807) is 0 Å². The Labute approximate surface area is 185 Å². The minimum absolute atomic E-state index is 0.0893. The second-order valence-corrected chi connectivity index (χ2v) is 7.88. The van der Waals surface area contributed by atoms with Crippen LogP contribution in [0.4, 0.5) is 19.0 Å². The van der Waals surface area contributed by atoms with Gasteiger partial charge >= 0.3 is 6.18 Å². The van der Waals surface area contributed by atoms with E-state index in [4.69, 9.17) is 11.6 Å². The number of rotatable bonds is 8. The molecule has 1 amide bonds. The Morgan fingerprint density at radius 2 is 2.00 bits per heavy atom. The van der Waals surface area contributed by atoms with Gasteiger partial charge in [0, 0.05) is 6.20 Å². The number of halogens is 4. The first-order valence-electron chi connectivity index (χ1n) is 9.31. The van der Waals surface area contributed by atoms with Crippen LogP contribution in [0.5, 0.6) is 0 Å². The summed E-state index contributed by atoms with van der Waals surface area (Å²) in [6.07, 6.45) is -0.739. The van der Waals surface area contributed by atoms with Crippen molar-refractivity contribution in [2.24, 2.45) is 0 Å². The van der Waals surface area contributed by atoms with Crippen LogP contribution >= 0.6 is 23.4 Å². The highest BCUT2D eigenvalue weighted by molar-refractivity contribution is 7.99. The van der Waals surface area contributed by atoms with Crippen molar-refractivity contribution in [3.63, 3.8) is 0 Å². The molecule has 0 radical (unpaired) electrons. The first-order valence-corrected chi connectivity index (χ1v) is 10.7. The largest absolute Gasteiger partial charge is 0.417 e.